The molecule has 0 amide bonds. The average Bonchev–Trinajstić information content (AvgIpc) is 2.49. The summed E-state index contributed by atoms with van der Waals surface area (Å²) in [5.41, 5.74) is 1.14. The number of hydrogen-bond donors (Lipinski definition) is 1. The molecule has 1 aromatic carbocycles. The van der Waals surface area contributed by atoms with Gasteiger partial charge in [-0.1, -0.05) is 19.1 Å². The van der Waals surface area contributed by atoms with E-state index in [1.54, 1.807) is 14.2 Å². The fraction of sp³-hybridized carbons (Fsp3) is 0.529. The number of ether oxygens (including phenoxy) is 2. The quantitative estimate of drug-likeness (QED) is 0.736. The summed E-state index contributed by atoms with van der Waals surface area (Å²) in [6.07, 6.45) is 2.94. The molecule has 20 heavy (non-hydrogen) atoms. The molecule has 0 radical (unpaired) electrons. The number of methoxy groups -OCH3 is 2. The van der Waals surface area contributed by atoms with Crippen LogP contribution in [0.1, 0.15) is 44.7 Å². The van der Waals surface area contributed by atoms with E-state index in [0.29, 0.717) is 0 Å². The minimum absolute atomic E-state index is 0.237. The normalized spacial score (nSPS) is 11.4. The van der Waals surface area contributed by atoms with Gasteiger partial charge < -0.3 is 14.8 Å². The predicted octanol–water partition coefficient (Wildman–Crippen LogP) is 3.55. The van der Waals surface area contributed by atoms with Crippen LogP contribution in [0.25, 0.3) is 0 Å². The third-order valence-electron chi connectivity index (χ3n) is 3.18. The van der Waals surface area contributed by atoms with Crippen molar-refractivity contribution in [2.75, 3.05) is 20.8 Å². The Kier molecular flexibility index (Phi) is 7.60. The molecule has 0 heterocycles. The molecule has 110 valence electrons. The van der Waals surface area contributed by atoms with Gasteiger partial charge in [0.1, 0.15) is 0 Å². The largest absolute Gasteiger partial charge is 0.493 e. The highest BCUT2D eigenvalue weighted by Gasteiger charge is 2.18. The van der Waals surface area contributed by atoms with Crippen LogP contribution in [0.4, 0.5) is 0 Å². The smallest absolute Gasteiger partial charge is 0.165 e. The molecule has 1 atom stereocenters. The van der Waals surface area contributed by atoms with E-state index < -0.39 is 0 Å². The van der Waals surface area contributed by atoms with E-state index >= 15 is 0 Å². The zero-order valence-electron chi connectivity index (χ0n) is 13.0. The Morgan fingerprint density at radius 1 is 1.25 bits per heavy atom. The molecule has 0 spiro atoms. The van der Waals surface area contributed by atoms with E-state index in [1.165, 1.54) is 0 Å². The van der Waals surface area contributed by atoms with Crippen LogP contribution in [0.3, 0.4) is 0 Å². The lowest BCUT2D eigenvalue weighted by Gasteiger charge is -2.21. The molecule has 0 bridgehead atoms. The zero-order chi connectivity index (χ0) is 14.8. The lowest BCUT2D eigenvalue weighted by atomic mass is 10.00. The van der Waals surface area contributed by atoms with Gasteiger partial charge in [0.2, 0.25) is 0 Å². The molecule has 0 fully saturated rings. The van der Waals surface area contributed by atoms with Gasteiger partial charge in [-0.3, -0.25) is 0 Å². The molecular weight excluding hydrogens is 250 g/mol. The van der Waals surface area contributed by atoms with Crippen molar-refractivity contribution in [2.45, 2.75) is 39.2 Å². The molecule has 1 unspecified atom stereocenters. The van der Waals surface area contributed by atoms with Crippen molar-refractivity contribution in [3.8, 4) is 23.3 Å². The topological polar surface area (TPSA) is 30.5 Å². The lowest BCUT2D eigenvalue weighted by Crippen LogP contribution is -2.22. The first-order chi connectivity index (χ1) is 9.78. The highest BCUT2D eigenvalue weighted by molar-refractivity contribution is 5.48. The maximum atomic E-state index is 5.53. The summed E-state index contributed by atoms with van der Waals surface area (Å²) in [7, 11) is 3.35. The Balaban J connectivity index is 3.00. The third kappa shape index (κ3) is 4.47. The van der Waals surface area contributed by atoms with Crippen LogP contribution < -0.4 is 14.8 Å². The first-order valence-corrected chi connectivity index (χ1v) is 7.12. The fourth-order valence-electron chi connectivity index (χ4n) is 2.21. The van der Waals surface area contributed by atoms with Gasteiger partial charge in [0.15, 0.2) is 11.5 Å². The number of nitrogens with one attached hydrogen (secondary N) is 1. The highest BCUT2D eigenvalue weighted by Crippen LogP contribution is 2.36. The van der Waals surface area contributed by atoms with Crippen molar-refractivity contribution in [3.63, 3.8) is 0 Å². The van der Waals surface area contributed by atoms with Gasteiger partial charge in [0.25, 0.3) is 0 Å². The van der Waals surface area contributed by atoms with Crippen molar-refractivity contribution in [3.05, 3.63) is 23.8 Å². The van der Waals surface area contributed by atoms with E-state index in [-0.39, 0.29) is 6.04 Å². The second-order valence-electron chi connectivity index (χ2n) is 4.55. The summed E-state index contributed by atoms with van der Waals surface area (Å²) in [6.45, 7) is 5.02. The maximum Gasteiger partial charge on any atom is 0.165 e. The van der Waals surface area contributed by atoms with Crippen molar-refractivity contribution in [1.82, 2.24) is 5.32 Å². The molecule has 1 rings (SSSR count). The lowest BCUT2D eigenvalue weighted by molar-refractivity contribution is 0.345. The van der Waals surface area contributed by atoms with Gasteiger partial charge in [-0.15, -0.1) is 11.8 Å². The molecule has 3 nitrogen and oxygen atoms in total. The Labute approximate surface area is 122 Å². The first-order valence-electron chi connectivity index (χ1n) is 7.12. The van der Waals surface area contributed by atoms with Crippen molar-refractivity contribution < 1.29 is 9.47 Å². The van der Waals surface area contributed by atoms with Gasteiger partial charge in [0.05, 0.1) is 14.2 Å². The van der Waals surface area contributed by atoms with E-state index in [2.05, 4.69) is 30.1 Å². The van der Waals surface area contributed by atoms with Crippen molar-refractivity contribution in [2.24, 2.45) is 0 Å². The first kappa shape index (κ1) is 16.4. The summed E-state index contributed by atoms with van der Waals surface area (Å²) in [6, 6.07) is 6.25. The molecule has 0 aliphatic carbocycles. The summed E-state index contributed by atoms with van der Waals surface area (Å²) < 4.78 is 10.9. The maximum absolute atomic E-state index is 5.53. The third-order valence-corrected chi connectivity index (χ3v) is 3.18. The van der Waals surface area contributed by atoms with Crippen molar-refractivity contribution in [1.29, 1.82) is 0 Å². The zero-order valence-corrected chi connectivity index (χ0v) is 13.0. The molecular formula is C17H25NO2. The minimum Gasteiger partial charge on any atom is -0.493 e. The second-order valence-corrected chi connectivity index (χ2v) is 4.55. The van der Waals surface area contributed by atoms with Crippen LogP contribution in [-0.4, -0.2) is 20.8 Å². The molecule has 1 N–H and O–H groups in total. The van der Waals surface area contributed by atoms with Gasteiger partial charge in [-0.25, -0.2) is 0 Å². The summed E-state index contributed by atoms with van der Waals surface area (Å²) in [4.78, 5) is 0. The summed E-state index contributed by atoms with van der Waals surface area (Å²) in [5, 5.41) is 3.57. The SMILES string of the molecule is CC#CCCC(NCCC)c1cccc(OC)c1OC. The molecule has 0 aliphatic rings. The van der Waals surface area contributed by atoms with E-state index in [4.69, 9.17) is 9.47 Å². The van der Waals surface area contributed by atoms with Gasteiger partial charge in [0, 0.05) is 18.0 Å². The van der Waals surface area contributed by atoms with Crippen LogP contribution in [0, 0.1) is 11.8 Å². The molecule has 0 saturated heterocycles. The van der Waals surface area contributed by atoms with Gasteiger partial charge in [-0.05, 0) is 32.4 Å². The van der Waals surface area contributed by atoms with Crippen LogP contribution in [-0.2, 0) is 0 Å². The van der Waals surface area contributed by atoms with E-state index in [0.717, 1.165) is 42.9 Å². The Morgan fingerprint density at radius 2 is 2.05 bits per heavy atom. The van der Waals surface area contributed by atoms with Crippen LogP contribution >= 0.6 is 0 Å². The molecule has 0 saturated carbocycles. The molecule has 0 aromatic heterocycles. The van der Waals surface area contributed by atoms with Crippen LogP contribution in [0.15, 0.2) is 18.2 Å². The Hall–Kier alpha value is -1.66. The van der Waals surface area contributed by atoms with Crippen LogP contribution in [0.2, 0.25) is 0 Å². The minimum atomic E-state index is 0.237. The van der Waals surface area contributed by atoms with E-state index in [9.17, 15) is 0 Å². The van der Waals surface area contributed by atoms with Crippen molar-refractivity contribution >= 4 is 0 Å². The molecule has 0 aliphatic heterocycles. The molecule has 1 aromatic rings. The average molecular weight is 275 g/mol. The fourth-order valence-corrected chi connectivity index (χ4v) is 2.21. The summed E-state index contributed by atoms with van der Waals surface area (Å²) >= 11 is 0. The Morgan fingerprint density at radius 3 is 2.65 bits per heavy atom. The number of para-hydroxylation sites is 1. The predicted molar refractivity (Wildman–Crippen MR) is 83.3 cm³/mol. The standard InChI is InChI=1S/C17H25NO2/c1-5-7-8-11-15(18-13-6-2)14-10-9-12-16(19-3)17(14)20-4/h9-10,12,15,18H,6,8,11,13H2,1-4H3. The summed E-state index contributed by atoms with van der Waals surface area (Å²) in [5.74, 6) is 7.66. The van der Waals surface area contributed by atoms with Crippen LogP contribution in [0.5, 0.6) is 11.5 Å². The van der Waals surface area contributed by atoms with Gasteiger partial charge >= 0.3 is 0 Å². The van der Waals surface area contributed by atoms with Gasteiger partial charge in [-0.2, -0.15) is 0 Å². The molecule has 3 heteroatoms. The Bertz CT molecular complexity index is 460. The second kappa shape index (κ2) is 9.28. The number of hydrogen-bond acceptors (Lipinski definition) is 3. The number of benzene rings is 1. The van der Waals surface area contributed by atoms with E-state index in [1.807, 2.05) is 19.1 Å². The monoisotopic (exact) mass is 275 g/mol. The number of rotatable bonds is 8. The highest BCUT2D eigenvalue weighted by atomic mass is 16.5.